The van der Waals surface area contributed by atoms with Crippen LogP contribution in [0.2, 0.25) is 0 Å². The van der Waals surface area contributed by atoms with E-state index < -0.39 is 0 Å². The molecule has 0 aliphatic heterocycles. The Morgan fingerprint density at radius 1 is 1.06 bits per heavy atom. The van der Waals surface area contributed by atoms with Crippen LogP contribution in [0.1, 0.15) is 10.5 Å². The van der Waals surface area contributed by atoms with Crippen molar-refractivity contribution in [3.63, 3.8) is 0 Å². The molecule has 1 heterocycles. The minimum atomic E-state index is 0.342. The van der Waals surface area contributed by atoms with Gasteiger partial charge in [-0.3, -0.25) is 4.79 Å². The number of rotatable bonds is 4. The van der Waals surface area contributed by atoms with Crippen LogP contribution < -0.4 is 9.47 Å². The van der Waals surface area contributed by atoms with Gasteiger partial charge in [-0.15, -0.1) is 0 Å². The molecule has 0 saturated carbocycles. The van der Waals surface area contributed by atoms with Crippen molar-refractivity contribution in [1.29, 1.82) is 0 Å². The molecule has 1 aromatic carbocycles. The van der Waals surface area contributed by atoms with Crippen molar-refractivity contribution >= 4 is 6.29 Å². The van der Waals surface area contributed by atoms with Crippen molar-refractivity contribution in [1.82, 2.24) is 9.97 Å². The summed E-state index contributed by atoms with van der Waals surface area (Å²) in [5.74, 6) is 1.26. The molecular weight excluding hydrogens is 232 g/mol. The van der Waals surface area contributed by atoms with Crippen LogP contribution in [-0.4, -0.2) is 30.5 Å². The van der Waals surface area contributed by atoms with Gasteiger partial charge in [-0.05, 0) is 24.3 Å². The summed E-state index contributed by atoms with van der Waals surface area (Å²) >= 11 is 0. The van der Waals surface area contributed by atoms with Crippen LogP contribution in [0.4, 0.5) is 0 Å². The Bertz CT molecular complexity index is 570. The number of ether oxygens (including phenoxy) is 2. The van der Waals surface area contributed by atoms with Crippen LogP contribution in [0.15, 0.2) is 30.6 Å². The summed E-state index contributed by atoms with van der Waals surface area (Å²) < 4.78 is 10.4. The van der Waals surface area contributed by atoms with Gasteiger partial charge in [-0.25, -0.2) is 9.97 Å². The number of aromatic nitrogens is 2. The molecule has 0 radical (unpaired) electrons. The van der Waals surface area contributed by atoms with Gasteiger partial charge < -0.3 is 9.47 Å². The van der Waals surface area contributed by atoms with Gasteiger partial charge in [0, 0.05) is 5.56 Å². The zero-order valence-electron chi connectivity index (χ0n) is 10.1. The molecule has 0 amide bonds. The van der Waals surface area contributed by atoms with Crippen molar-refractivity contribution in [3.8, 4) is 22.8 Å². The van der Waals surface area contributed by atoms with Gasteiger partial charge >= 0.3 is 0 Å². The lowest BCUT2D eigenvalue weighted by atomic mass is 10.1. The zero-order valence-corrected chi connectivity index (χ0v) is 10.1. The average molecular weight is 244 g/mol. The molecule has 0 atom stereocenters. The first-order valence-corrected chi connectivity index (χ1v) is 5.28. The summed E-state index contributed by atoms with van der Waals surface area (Å²) in [5, 5.41) is 0. The van der Waals surface area contributed by atoms with Crippen molar-refractivity contribution in [2.24, 2.45) is 0 Å². The normalized spacial score (nSPS) is 9.89. The molecule has 2 aromatic rings. The van der Waals surface area contributed by atoms with Crippen LogP contribution in [0.3, 0.4) is 0 Å². The van der Waals surface area contributed by atoms with E-state index in [0.29, 0.717) is 29.2 Å². The van der Waals surface area contributed by atoms with Gasteiger partial charge in [0.25, 0.3) is 0 Å². The molecule has 0 aliphatic rings. The maximum atomic E-state index is 10.7. The number of carbonyl (C=O) groups is 1. The van der Waals surface area contributed by atoms with Gasteiger partial charge in [0.1, 0.15) is 12.0 Å². The topological polar surface area (TPSA) is 61.3 Å². The minimum Gasteiger partial charge on any atom is -0.493 e. The largest absolute Gasteiger partial charge is 0.493 e. The lowest BCUT2D eigenvalue weighted by molar-refractivity contribution is 0.111. The van der Waals surface area contributed by atoms with Crippen LogP contribution in [0.25, 0.3) is 11.3 Å². The van der Waals surface area contributed by atoms with Crippen LogP contribution >= 0.6 is 0 Å². The second-order valence-corrected chi connectivity index (χ2v) is 3.52. The molecule has 18 heavy (non-hydrogen) atoms. The molecule has 0 saturated heterocycles. The molecule has 92 valence electrons. The van der Waals surface area contributed by atoms with Gasteiger partial charge in [0.05, 0.1) is 19.9 Å². The molecule has 0 bridgehead atoms. The van der Waals surface area contributed by atoms with E-state index in [0.717, 1.165) is 5.56 Å². The van der Waals surface area contributed by atoms with Gasteiger partial charge in [-0.1, -0.05) is 0 Å². The van der Waals surface area contributed by atoms with E-state index in [1.165, 1.54) is 6.33 Å². The fraction of sp³-hybridized carbons (Fsp3) is 0.154. The molecule has 1 aromatic heterocycles. The maximum absolute atomic E-state index is 10.7. The highest BCUT2D eigenvalue weighted by atomic mass is 16.5. The lowest BCUT2D eigenvalue weighted by Gasteiger charge is -2.09. The van der Waals surface area contributed by atoms with E-state index in [2.05, 4.69) is 9.97 Å². The fourth-order valence-electron chi connectivity index (χ4n) is 1.59. The van der Waals surface area contributed by atoms with Crippen LogP contribution in [0.5, 0.6) is 11.5 Å². The minimum absolute atomic E-state index is 0.342. The van der Waals surface area contributed by atoms with E-state index >= 15 is 0 Å². The Labute approximate surface area is 104 Å². The number of hydrogen-bond donors (Lipinski definition) is 0. The Hall–Kier alpha value is -2.43. The summed E-state index contributed by atoms with van der Waals surface area (Å²) in [6.07, 6.45) is 2.04. The lowest BCUT2D eigenvalue weighted by Crippen LogP contribution is -1.93. The van der Waals surface area contributed by atoms with Crippen molar-refractivity contribution < 1.29 is 14.3 Å². The van der Waals surface area contributed by atoms with Crippen molar-refractivity contribution in [2.45, 2.75) is 0 Å². The number of benzene rings is 1. The van der Waals surface area contributed by atoms with E-state index in [1.54, 1.807) is 32.4 Å². The fourth-order valence-corrected chi connectivity index (χ4v) is 1.59. The maximum Gasteiger partial charge on any atom is 0.168 e. The van der Waals surface area contributed by atoms with E-state index in [9.17, 15) is 4.79 Å². The standard InChI is InChI=1S/C13H12N2O3/c1-17-12-4-3-9(5-13(12)18-2)11-6-10(7-16)14-8-15-11/h3-8H,1-2H3. The first-order chi connectivity index (χ1) is 8.78. The first-order valence-electron chi connectivity index (χ1n) is 5.28. The summed E-state index contributed by atoms with van der Waals surface area (Å²) in [7, 11) is 3.14. The zero-order chi connectivity index (χ0) is 13.0. The third kappa shape index (κ3) is 2.29. The van der Waals surface area contributed by atoms with Gasteiger partial charge in [0.15, 0.2) is 17.8 Å². The second kappa shape index (κ2) is 5.27. The molecule has 2 rings (SSSR count). The average Bonchev–Trinajstić information content (AvgIpc) is 2.46. The number of hydrogen-bond acceptors (Lipinski definition) is 5. The Kier molecular flexibility index (Phi) is 3.52. The quantitative estimate of drug-likeness (QED) is 0.769. The summed E-state index contributed by atoms with van der Waals surface area (Å²) in [6.45, 7) is 0. The molecule has 0 unspecified atom stereocenters. The van der Waals surface area contributed by atoms with E-state index in [4.69, 9.17) is 9.47 Å². The van der Waals surface area contributed by atoms with Crippen molar-refractivity contribution in [2.75, 3.05) is 14.2 Å². The van der Waals surface area contributed by atoms with Crippen LogP contribution in [0, 0.1) is 0 Å². The molecule has 0 fully saturated rings. The van der Waals surface area contributed by atoms with Gasteiger partial charge in [-0.2, -0.15) is 0 Å². The number of nitrogens with zero attached hydrogens (tertiary/aromatic N) is 2. The van der Waals surface area contributed by atoms with E-state index in [-0.39, 0.29) is 0 Å². The highest BCUT2D eigenvalue weighted by Crippen LogP contribution is 2.31. The second-order valence-electron chi connectivity index (χ2n) is 3.52. The van der Waals surface area contributed by atoms with E-state index in [1.807, 2.05) is 6.07 Å². The van der Waals surface area contributed by atoms with Gasteiger partial charge in [0.2, 0.25) is 0 Å². The summed E-state index contributed by atoms with van der Waals surface area (Å²) in [6, 6.07) is 7.05. The SMILES string of the molecule is COc1ccc(-c2cc(C=O)ncn2)cc1OC. The molecule has 5 heteroatoms. The Morgan fingerprint density at radius 2 is 1.83 bits per heavy atom. The third-order valence-corrected chi connectivity index (χ3v) is 2.49. The van der Waals surface area contributed by atoms with Crippen LogP contribution in [-0.2, 0) is 0 Å². The highest BCUT2D eigenvalue weighted by molar-refractivity contribution is 5.75. The highest BCUT2D eigenvalue weighted by Gasteiger charge is 2.07. The predicted molar refractivity (Wildman–Crippen MR) is 66.0 cm³/mol. The summed E-state index contributed by atoms with van der Waals surface area (Å²) in [5.41, 5.74) is 1.83. The van der Waals surface area contributed by atoms with Crippen molar-refractivity contribution in [3.05, 3.63) is 36.3 Å². The number of aldehydes is 1. The summed E-state index contributed by atoms with van der Waals surface area (Å²) in [4.78, 5) is 18.6. The molecule has 0 aliphatic carbocycles. The molecule has 0 spiro atoms. The number of carbonyl (C=O) groups excluding carboxylic acids is 1. The molecular formula is C13H12N2O3. The monoisotopic (exact) mass is 244 g/mol. The molecule has 0 N–H and O–H groups in total. The predicted octanol–water partition coefficient (Wildman–Crippen LogP) is 1.97. The number of methoxy groups -OCH3 is 2. The third-order valence-electron chi connectivity index (χ3n) is 2.49. The first kappa shape index (κ1) is 12.0. The Morgan fingerprint density at radius 3 is 2.50 bits per heavy atom. The Balaban J connectivity index is 2.47. The smallest absolute Gasteiger partial charge is 0.168 e. The molecule has 5 nitrogen and oxygen atoms in total.